The first kappa shape index (κ1) is 13.5. The van der Waals surface area contributed by atoms with Crippen LogP contribution in [0.3, 0.4) is 0 Å². The second-order valence-electron chi connectivity index (χ2n) is 4.61. The van der Waals surface area contributed by atoms with Gasteiger partial charge in [-0.2, -0.15) is 0 Å². The molecule has 0 atom stereocenters. The number of thiazole rings is 1. The highest BCUT2D eigenvalue weighted by Gasteiger charge is 2.12. The van der Waals surface area contributed by atoms with E-state index in [-0.39, 0.29) is 11.8 Å². The van der Waals surface area contributed by atoms with Gasteiger partial charge in [0.05, 0.1) is 5.69 Å². The third kappa shape index (κ3) is 3.29. The fraction of sp³-hybridized carbons (Fsp3) is 0.308. The first-order valence-corrected chi connectivity index (χ1v) is 6.84. The molecule has 0 spiro atoms. The monoisotopic (exact) mass is 276 g/mol. The van der Waals surface area contributed by atoms with Crippen LogP contribution in [0, 0.1) is 6.92 Å². The average Bonchev–Trinajstić information content (AvgIpc) is 2.73. The van der Waals surface area contributed by atoms with Crippen LogP contribution in [0.15, 0.2) is 17.5 Å². The molecule has 0 radical (unpaired) electrons. The molecule has 2 aromatic rings. The van der Waals surface area contributed by atoms with E-state index in [1.54, 1.807) is 12.1 Å². The van der Waals surface area contributed by atoms with Crippen LogP contribution in [0.2, 0.25) is 0 Å². The zero-order chi connectivity index (χ0) is 14.0. The average molecular weight is 276 g/mol. The largest absolute Gasteiger partial charge is 0.384 e. The van der Waals surface area contributed by atoms with Gasteiger partial charge in [0.25, 0.3) is 5.91 Å². The number of carbonyl (C=O) groups is 1. The normalized spacial score (nSPS) is 10.7. The van der Waals surface area contributed by atoms with Crippen LogP contribution >= 0.6 is 11.3 Å². The van der Waals surface area contributed by atoms with Crippen molar-refractivity contribution in [2.24, 2.45) is 0 Å². The summed E-state index contributed by atoms with van der Waals surface area (Å²) in [6, 6.07) is 3.33. The van der Waals surface area contributed by atoms with Gasteiger partial charge in [-0.25, -0.2) is 9.97 Å². The van der Waals surface area contributed by atoms with Crippen LogP contribution in [0.25, 0.3) is 0 Å². The highest BCUT2D eigenvalue weighted by Crippen LogP contribution is 2.19. The summed E-state index contributed by atoms with van der Waals surface area (Å²) in [5, 5.41) is 5.23. The molecule has 6 heteroatoms. The number of aromatic nitrogens is 2. The maximum absolute atomic E-state index is 12.1. The van der Waals surface area contributed by atoms with E-state index < -0.39 is 0 Å². The Morgan fingerprint density at radius 1 is 1.37 bits per heavy atom. The van der Waals surface area contributed by atoms with Crippen molar-refractivity contribution < 1.29 is 4.79 Å². The van der Waals surface area contributed by atoms with Crippen molar-refractivity contribution >= 4 is 28.2 Å². The molecule has 100 valence electrons. The fourth-order valence-corrected chi connectivity index (χ4v) is 2.26. The minimum absolute atomic E-state index is 0.217. The summed E-state index contributed by atoms with van der Waals surface area (Å²) in [5.41, 5.74) is 7.92. The van der Waals surface area contributed by atoms with Crippen molar-refractivity contribution in [1.82, 2.24) is 9.97 Å². The molecule has 3 N–H and O–H groups in total. The highest BCUT2D eigenvalue weighted by atomic mass is 32.1. The van der Waals surface area contributed by atoms with E-state index >= 15 is 0 Å². The molecule has 0 saturated heterocycles. The predicted octanol–water partition coefficient (Wildman–Crippen LogP) is 2.80. The van der Waals surface area contributed by atoms with E-state index in [2.05, 4.69) is 15.3 Å². The standard InChI is InChI=1S/C13H16N4OS/c1-7(2)10-4-9(5-11(14)16-10)12(18)17-13-15-8(3)6-19-13/h4-7H,1-3H3,(H2,14,16)(H,15,17,18). The summed E-state index contributed by atoms with van der Waals surface area (Å²) in [6.45, 7) is 5.90. The maximum atomic E-state index is 12.1. The van der Waals surface area contributed by atoms with Gasteiger partial charge in [0.2, 0.25) is 0 Å². The summed E-state index contributed by atoms with van der Waals surface area (Å²) in [6.07, 6.45) is 0. The van der Waals surface area contributed by atoms with Crippen molar-refractivity contribution in [1.29, 1.82) is 0 Å². The molecule has 0 unspecified atom stereocenters. The van der Waals surface area contributed by atoms with Crippen LogP contribution < -0.4 is 11.1 Å². The first-order chi connectivity index (χ1) is 8.95. The van der Waals surface area contributed by atoms with E-state index in [0.29, 0.717) is 16.5 Å². The zero-order valence-corrected chi connectivity index (χ0v) is 11.9. The molecule has 0 saturated carbocycles. The van der Waals surface area contributed by atoms with E-state index in [9.17, 15) is 4.79 Å². The minimum Gasteiger partial charge on any atom is -0.384 e. The number of carbonyl (C=O) groups excluding carboxylic acids is 1. The third-order valence-corrected chi connectivity index (χ3v) is 3.43. The van der Waals surface area contributed by atoms with Crippen LogP contribution in [0.1, 0.15) is 41.5 Å². The molecule has 2 heterocycles. The third-order valence-electron chi connectivity index (χ3n) is 2.56. The SMILES string of the molecule is Cc1csc(NC(=O)c2cc(N)nc(C(C)C)c2)n1. The summed E-state index contributed by atoms with van der Waals surface area (Å²) in [5.74, 6) is 0.356. The van der Waals surface area contributed by atoms with Crippen LogP contribution in [0.4, 0.5) is 10.9 Å². The number of anilines is 2. The summed E-state index contributed by atoms with van der Waals surface area (Å²) >= 11 is 1.40. The van der Waals surface area contributed by atoms with Gasteiger partial charge in [0, 0.05) is 16.6 Å². The molecule has 0 fully saturated rings. The molecule has 0 aliphatic carbocycles. The number of nitrogens with two attached hydrogens (primary N) is 1. The van der Waals surface area contributed by atoms with E-state index in [4.69, 9.17) is 5.73 Å². The summed E-state index contributed by atoms with van der Waals surface area (Å²) in [7, 11) is 0. The Balaban J connectivity index is 2.23. The smallest absolute Gasteiger partial charge is 0.257 e. The van der Waals surface area contributed by atoms with Crippen molar-refractivity contribution in [3.05, 3.63) is 34.5 Å². The molecular formula is C13H16N4OS. The number of aryl methyl sites for hydroxylation is 1. The van der Waals surface area contributed by atoms with Crippen molar-refractivity contribution in [3.63, 3.8) is 0 Å². The number of amides is 1. The van der Waals surface area contributed by atoms with Crippen LogP contribution in [0.5, 0.6) is 0 Å². The van der Waals surface area contributed by atoms with Crippen molar-refractivity contribution in [2.75, 3.05) is 11.1 Å². The number of nitrogens with zero attached hydrogens (tertiary/aromatic N) is 2. The Hall–Kier alpha value is -1.95. The second kappa shape index (κ2) is 5.36. The van der Waals surface area contributed by atoms with Gasteiger partial charge in [-0.15, -0.1) is 11.3 Å². The molecule has 0 bridgehead atoms. The number of pyridine rings is 1. The number of rotatable bonds is 3. The Labute approximate surface area is 115 Å². The Kier molecular flexibility index (Phi) is 3.80. The predicted molar refractivity (Wildman–Crippen MR) is 77.5 cm³/mol. The Bertz CT molecular complexity index is 606. The molecule has 5 nitrogen and oxygen atoms in total. The van der Waals surface area contributed by atoms with Crippen molar-refractivity contribution in [3.8, 4) is 0 Å². The molecule has 0 aromatic carbocycles. The van der Waals surface area contributed by atoms with E-state index in [1.807, 2.05) is 26.2 Å². The number of nitrogens with one attached hydrogen (secondary N) is 1. The molecule has 2 aromatic heterocycles. The molecule has 0 aliphatic heterocycles. The van der Waals surface area contributed by atoms with Gasteiger partial charge in [0.15, 0.2) is 5.13 Å². The van der Waals surface area contributed by atoms with E-state index in [0.717, 1.165) is 11.4 Å². The van der Waals surface area contributed by atoms with Crippen molar-refractivity contribution in [2.45, 2.75) is 26.7 Å². The first-order valence-electron chi connectivity index (χ1n) is 5.96. The lowest BCUT2D eigenvalue weighted by Gasteiger charge is -2.08. The highest BCUT2D eigenvalue weighted by molar-refractivity contribution is 7.13. The van der Waals surface area contributed by atoms with Gasteiger partial charge in [0.1, 0.15) is 5.82 Å². The Morgan fingerprint density at radius 2 is 2.11 bits per heavy atom. The minimum atomic E-state index is -0.217. The topological polar surface area (TPSA) is 80.9 Å². The molecular weight excluding hydrogens is 260 g/mol. The molecule has 0 aliphatic rings. The number of nitrogen functional groups attached to an aromatic ring is 1. The zero-order valence-electron chi connectivity index (χ0n) is 11.1. The summed E-state index contributed by atoms with van der Waals surface area (Å²) < 4.78 is 0. The van der Waals surface area contributed by atoms with E-state index in [1.165, 1.54) is 11.3 Å². The van der Waals surface area contributed by atoms with Gasteiger partial charge >= 0.3 is 0 Å². The molecule has 19 heavy (non-hydrogen) atoms. The quantitative estimate of drug-likeness (QED) is 0.903. The lowest BCUT2D eigenvalue weighted by atomic mass is 10.1. The van der Waals surface area contributed by atoms with Gasteiger partial charge < -0.3 is 5.73 Å². The molecule has 1 amide bonds. The number of hydrogen-bond donors (Lipinski definition) is 2. The summed E-state index contributed by atoms with van der Waals surface area (Å²) in [4.78, 5) is 20.5. The van der Waals surface area contributed by atoms with Gasteiger partial charge in [-0.3, -0.25) is 10.1 Å². The maximum Gasteiger partial charge on any atom is 0.257 e. The number of hydrogen-bond acceptors (Lipinski definition) is 5. The van der Waals surface area contributed by atoms with Crippen LogP contribution in [-0.4, -0.2) is 15.9 Å². The Morgan fingerprint density at radius 3 is 2.68 bits per heavy atom. The molecule has 2 rings (SSSR count). The second-order valence-corrected chi connectivity index (χ2v) is 5.47. The lowest BCUT2D eigenvalue weighted by molar-refractivity contribution is 0.102. The van der Waals surface area contributed by atoms with Gasteiger partial charge in [-0.1, -0.05) is 13.8 Å². The fourth-order valence-electron chi connectivity index (χ4n) is 1.58. The van der Waals surface area contributed by atoms with Gasteiger partial charge in [-0.05, 0) is 25.0 Å². The lowest BCUT2D eigenvalue weighted by Crippen LogP contribution is -2.13. The van der Waals surface area contributed by atoms with Crippen LogP contribution in [-0.2, 0) is 0 Å².